The molecular weight excluding hydrogens is 340 g/mol. The van der Waals surface area contributed by atoms with Crippen LogP contribution in [0.4, 0.5) is 0 Å². The second-order valence-corrected chi connectivity index (χ2v) is 5.71. The van der Waals surface area contributed by atoms with Gasteiger partial charge in [0.15, 0.2) is 0 Å². The summed E-state index contributed by atoms with van der Waals surface area (Å²) in [6, 6.07) is 2.52. The molecule has 0 atom stereocenters. The molecule has 2 aliphatic carbocycles. The molecule has 0 aliphatic heterocycles. The van der Waals surface area contributed by atoms with E-state index in [-0.39, 0.29) is 21.7 Å². The Kier molecular flexibility index (Phi) is 17.1. The van der Waals surface area contributed by atoms with Crippen molar-refractivity contribution < 1.29 is 41.8 Å². The Morgan fingerprint density at radius 1 is 0.917 bits per heavy atom. The first-order chi connectivity index (χ1) is 11.2. The quantitative estimate of drug-likeness (QED) is 0.637. The van der Waals surface area contributed by atoms with Gasteiger partial charge in [0.05, 0.1) is 0 Å². The van der Waals surface area contributed by atoms with E-state index >= 15 is 0 Å². The second-order valence-electron chi connectivity index (χ2n) is 5.71. The molecule has 1 N–H and O–H groups in total. The van der Waals surface area contributed by atoms with Crippen LogP contribution in [0.1, 0.15) is 67.7 Å². The van der Waals surface area contributed by atoms with Gasteiger partial charge in [0.1, 0.15) is 0 Å². The third-order valence-corrected chi connectivity index (χ3v) is 4.20. The summed E-state index contributed by atoms with van der Waals surface area (Å²) < 4.78 is 0. The fourth-order valence-corrected chi connectivity index (χ4v) is 3.29. The maximum absolute atomic E-state index is 9.60. The third-order valence-electron chi connectivity index (χ3n) is 4.20. The molecule has 4 nitrogen and oxygen atoms in total. The Morgan fingerprint density at radius 3 is 1.58 bits per heavy atom. The Labute approximate surface area is 161 Å². The largest absolute Gasteiger partial charge is 3.00 e. The van der Waals surface area contributed by atoms with Gasteiger partial charge in [-0.2, -0.15) is 42.5 Å². The van der Waals surface area contributed by atoms with Crippen LogP contribution in [0.5, 0.6) is 0 Å². The van der Waals surface area contributed by atoms with Crippen molar-refractivity contribution in [1.29, 1.82) is 0 Å². The number of aliphatic carboxylic acids is 1. The minimum Gasteiger partial charge on any atom is -0.857 e. The standard InChI is InChI=1S/C13H17.C4H8O2.2CH3O.Ti/c1-3-7-12-10(5-1)9-11-6-2-4-8-13(11)12;1-2-3-4(5)6;2*1-2;/h9H,1-8H2;2-3H2,1H3,(H,5,6);2*1H3;/q-1;;2*-1;+3. The molecule has 0 bridgehead atoms. The molecule has 0 unspecified atom stereocenters. The Balaban J connectivity index is 0. The average Bonchev–Trinajstić information content (AvgIpc) is 2.98. The predicted molar refractivity (Wildman–Crippen MR) is 89.7 cm³/mol. The molecule has 0 aromatic heterocycles. The molecule has 0 heterocycles. The van der Waals surface area contributed by atoms with Crippen LogP contribution in [-0.4, -0.2) is 25.3 Å². The van der Waals surface area contributed by atoms with Gasteiger partial charge in [0.25, 0.3) is 0 Å². The zero-order valence-corrected chi connectivity index (χ0v) is 16.9. The van der Waals surface area contributed by atoms with Crippen LogP contribution in [0, 0.1) is 0 Å². The van der Waals surface area contributed by atoms with Crippen LogP contribution >= 0.6 is 0 Å². The van der Waals surface area contributed by atoms with Crippen LogP contribution < -0.4 is 10.2 Å². The fourth-order valence-electron chi connectivity index (χ4n) is 3.29. The molecule has 5 heteroatoms. The second kappa shape index (κ2) is 16.0. The summed E-state index contributed by atoms with van der Waals surface area (Å²) in [5.74, 6) is -0.711. The number of carboxylic acid groups (broad SMARTS) is 1. The summed E-state index contributed by atoms with van der Waals surface area (Å²) in [6.07, 6.45) is 12.2. The van der Waals surface area contributed by atoms with E-state index in [4.69, 9.17) is 15.3 Å². The summed E-state index contributed by atoms with van der Waals surface area (Å²) >= 11 is 0. The molecular formula is C19H31O4Ti. The first-order valence-electron chi connectivity index (χ1n) is 8.55. The van der Waals surface area contributed by atoms with Crippen LogP contribution in [0.25, 0.3) is 0 Å². The molecule has 24 heavy (non-hydrogen) atoms. The first kappa shape index (κ1) is 25.7. The monoisotopic (exact) mass is 371 g/mol. The zero-order chi connectivity index (χ0) is 17.7. The smallest absolute Gasteiger partial charge is 0.857 e. The number of carboxylic acids is 1. The van der Waals surface area contributed by atoms with E-state index in [2.05, 4.69) is 6.07 Å². The van der Waals surface area contributed by atoms with Crippen LogP contribution in [0.2, 0.25) is 0 Å². The molecule has 0 fully saturated rings. The summed E-state index contributed by atoms with van der Waals surface area (Å²) in [4.78, 5) is 9.60. The number of rotatable bonds is 2. The van der Waals surface area contributed by atoms with E-state index in [0.29, 0.717) is 6.42 Å². The Morgan fingerprint density at radius 2 is 1.29 bits per heavy atom. The SMILES string of the molecule is CCCC(=O)O.C[O-].C[O-].[Ti+3].[cH-]1c2c(c3c1CCCC3)CCCC2. The zero-order valence-electron chi connectivity index (χ0n) is 15.3. The Hall–Kier alpha value is -0.546. The number of aryl methyl sites for hydroxylation is 2. The van der Waals surface area contributed by atoms with Crippen LogP contribution in [0.3, 0.4) is 0 Å². The molecule has 0 amide bonds. The van der Waals surface area contributed by atoms with E-state index in [1.165, 1.54) is 51.4 Å². The van der Waals surface area contributed by atoms with Gasteiger partial charge in [0.2, 0.25) is 0 Å². The molecule has 3 rings (SSSR count). The van der Waals surface area contributed by atoms with E-state index in [0.717, 1.165) is 20.6 Å². The van der Waals surface area contributed by atoms with Crippen molar-refractivity contribution in [3.63, 3.8) is 0 Å². The van der Waals surface area contributed by atoms with Crippen molar-refractivity contribution in [1.82, 2.24) is 0 Å². The van der Waals surface area contributed by atoms with Crippen molar-refractivity contribution in [2.75, 3.05) is 14.2 Å². The summed E-state index contributed by atoms with van der Waals surface area (Å²) in [5.41, 5.74) is 6.94. The van der Waals surface area contributed by atoms with E-state index < -0.39 is 5.97 Å². The van der Waals surface area contributed by atoms with E-state index in [1.54, 1.807) is 22.3 Å². The normalized spacial score (nSPS) is 13.9. The molecule has 1 aromatic rings. The van der Waals surface area contributed by atoms with Crippen molar-refractivity contribution in [3.05, 3.63) is 28.3 Å². The molecule has 1 aromatic carbocycles. The van der Waals surface area contributed by atoms with Crippen molar-refractivity contribution in [3.8, 4) is 0 Å². The van der Waals surface area contributed by atoms with Crippen LogP contribution in [-0.2, 0) is 52.2 Å². The summed E-state index contributed by atoms with van der Waals surface area (Å²) in [7, 11) is 1.50. The van der Waals surface area contributed by atoms with Crippen molar-refractivity contribution in [2.24, 2.45) is 0 Å². The first-order valence-corrected chi connectivity index (χ1v) is 8.55. The van der Waals surface area contributed by atoms with Crippen molar-refractivity contribution >= 4 is 5.97 Å². The molecule has 0 spiro atoms. The van der Waals surface area contributed by atoms with Crippen LogP contribution in [0.15, 0.2) is 6.07 Å². The van der Waals surface area contributed by atoms with Gasteiger partial charge in [0, 0.05) is 6.42 Å². The Bertz CT molecular complexity index is 410. The van der Waals surface area contributed by atoms with E-state index in [1.807, 2.05) is 6.92 Å². The summed E-state index contributed by atoms with van der Waals surface area (Å²) in [5, 5.41) is 24.4. The molecule has 0 saturated carbocycles. The van der Waals surface area contributed by atoms with Gasteiger partial charge >= 0.3 is 27.7 Å². The van der Waals surface area contributed by atoms with Crippen molar-refractivity contribution in [2.45, 2.75) is 71.1 Å². The maximum Gasteiger partial charge on any atom is 3.00 e. The molecule has 1 radical (unpaired) electrons. The van der Waals surface area contributed by atoms with Gasteiger partial charge in [-0.3, -0.25) is 4.79 Å². The predicted octanol–water partition coefficient (Wildman–Crippen LogP) is 1.98. The minimum absolute atomic E-state index is 0. The van der Waals surface area contributed by atoms with Gasteiger partial charge in [-0.1, -0.05) is 58.3 Å². The summed E-state index contributed by atoms with van der Waals surface area (Å²) in [6.45, 7) is 1.84. The molecule has 135 valence electrons. The number of hydrogen-bond acceptors (Lipinski definition) is 3. The fraction of sp³-hybridized carbons (Fsp3) is 0.684. The van der Waals surface area contributed by atoms with E-state index in [9.17, 15) is 4.79 Å². The molecule has 0 saturated heterocycles. The third kappa shape index (κ3) is 8.52. The average molecular weight is 371 g/mol. The number of hydrogen-bond donors (Lipinski definition) is 1. The number of fused-ring (bicyclic) bond motifs is 3. The molecule has 2 aliphatic rings. The van der Waals surface area contributed by atoms with Gasteiger partial charge < -0.3 is 15.3 Å². The van der Waals surface area contributed by atoms with Gasteiger partial charge in [-0.25, -0.2) is 0 Å². The topological polar surface area (TPSA) is 83.4 Å². The van der Waals surface area contributed by atoms with Gasteiger partial charge in [-0.15, -0.1) is 0 Å². The van der Waals surface area contributed by atoms with Gasteiger partial charge in [-0.05, 0) is 6.42 Å². The minimum atomic E-state index is -0.711. The number of carbonyl (C=O) groups is 1. The maximum atomic E-state index is 9.60.